The molecule has 0 fully saturated rings. The lowest BCUT2D eigenvalue weighted by atomic mass is 10.0. The Kier molecular flexibility index (Phi) is 4.22. The molecule has 0 aliphatic heterocycles. The fourth-order valence-corrected chi connectivity index (χ4v) is 4.07. The second-order valence-corrected chi connectivity index (χ2v) is 7.74. The van der Waals surface area contributed by atoms with Crippen LogP contribution in [0.5, 0.6) is 0 Å². The Morgan fingerprint density at radius 3 is 2.41 bits per heavy atom. The summed E-state index contributed by atoms with van der Waals surface area (Å²) in [5.41, 5.74) is 3.61. The Balaban J connectivity index is 1.33. The molecule has 6 aromatic rings. The average molecular weight is 414 g/mol. The van der Waals surface area contributed by atoms with Crippen molar-refractivity contribution in [1.82, 2.24) is 4.98 Å². The predicted molar refractivity (Wildman–Crippen MR) is 129 cm³/mol. The zero-order valence-electron chi connectivity index (χ0n) is 17.1. The van der Waals surface area contributed by atoms with Gasteiger partial charge in [-0.05, 0) is 57.9 Å². The molecule has 152 valence electrons. The van der Waals surface area contributed by atoms with Crippen LogP contribution >= 0.6 is 0 Å². The highest BCUT2D eigenvalue weighted by atomic mass is 16.3. The Hall–Kier alpha value is -4.44. The summed E-state index contributed by atoms with van der Waals surface area (Å²) in [6.07, 6.45) is 0. The third kappa shape index (κ3) is 3.19. The van der Waals surface area contributed by atoms with Crippen LogP contribution in [0.3, 0.4) is 0 Å². The zero-order chi connectivity index (χ0) is 21.5. The number of aromatic nitrogens is 1. The van der Waals surface area contributed by atoms with Gasteiger partial charge in [0.2, 0.25) is 5.89 Å². The van der Waals surface area contributed by atoms with Gasteiger partial charge in [-0.2, -0.15) is 0 Å². The molecule has 4 nitrogen and oxygen atoms in total. The van der Waals surface area contributed by atoms with Gasteiger partial charge < -0.3 is 9.73 Å². The molecular formula is C28H18N2O2. The maximum absolute atomic E-state index is 13.0. The number of carbonyl (C=O) groups is 1. The Morgan fingerprint density at radius 1 is 0.719 bits per heavy atom. The van der Waals surface area contributed by atoms with E-state index in [2.05, 4.69) is 34.6 Å². The second-order valence-electron chi connectivity index (χ2n) is 7.74. The lowest BCUT2D eigenvalue weighted by Gasteiger charge is -2.08. The van der Waals surface area contributed by atoms with Gasteiger partial charge in [0.05, 0.1) is 0 Å². The highest BCUT2D eigenvalue weighted by Crippen LogP contribution is 2.29. The minimum Gasteiger partial charge on any atom is -0.436 e. The largest absolute Gasteiger partial charge is 0.436 e. The number of hydrogen-bond acceptors (Lipinski definition) is 3. The lowest BCUT2D eigenvalue weighted by Crippen LogP contribution is -2.12. The van der Waals surface area contributed by atoms with Gasteiger partial charge in [-0.15, -0.1) is 0 Å². The average Bonchev–Trinajstić information content (AvgIpc) is 3.27. The number of hydrogen-bond donors (Lipinski definition) is 1. The van der Waals surface area contributed by atoms with E-state index in [1.807, 2.05) is 78.9 Å². The molecule has 1 amide bonds. The standard InChI is InChI=1S/C28H18N2O2/c31-27(24-11-5-9-19-7-3-4-10-23(19)24)29-22-14-15-26-25(17-22)30-28(32-26)21-13-12-18-6-1-2-8-20(18)16-21/h1-17H,(H,29,31). The molecule has 1 aromatic heterocycles. The normalized spacial score (nSPS) is 11.2. The van der Waals surface area contributed by atoms with Crippen LogP contribution < -0.4 is 5.32 Å². The van der Waals surface area contributed by atoms with Crippen molar-refractivity contribution in [2.75, 3.05) is 5.32 Å². The van der Waals surface area contributed by atoms with Crippen LogP contribution in [-0.4, -0.2) is 10.9 Å². The van der Waals surface area contributed by atoms with Gasteiger partial charge >= 0.3 is 0 Å². The molecule has 0 unspecified atom stereocenters. The number of amides is 1. The van der Waals surface area contributed by atoms with E-state index in [9.17, 15) is 4.79 Å². The van der Waals surface area contributed by atoms with Crippen LogP contribution in [0, 0.1) is 0 Å². The summed E-state index contributed by atoms with van der Waals surface area (Å²) >= 11 is 0. The summed E-state index contributed by atoms with van der Waals surface area (Å²) in [6, 6.07) is 33.5. The minimum atomic E-state index is -0.153. The first-order chi connectivity index (χ1) is 15.7. The van der Waals surface area contributed by atoms with Crippen molar-refractivity contribution in [1.29, 1.82) is 0 Å². The summed E-state index contributed by atoms with van der Waals surface area (Å²) < 4.78 is 5.98. The van der Waals surface area contributed by atoms with Gasteiger partial charge in [-0.25, -0.2) is 4.98 Å². The maximum Gasteiger partial charge on any atom is 0.256 e. The highest BCUT2D eigenvalue weighted by molar-refractivity contribution is 6.13. The van der Waals surface area contributed by atoms with Crippen LogP contribution in [-0.2, 0) is 0 Å². The van der Waals surface area contributed by atoms with Crippen LogP contribution in [0.15, 0.2) is 108 Å². The SMILES string of the molecule is O=C(Nc1ccc2oc(-c3ccc4ccccc4c3)nc2c1)c1cccc2ccccc12. The molecule has 0 aliphatic carbocycles. The first-order valence-electron chi connectivity index (χ1n) is 10.4. The summed E-state index contributed by atoms with van der Waals surface area (Å²) in [7, 11) is 0. The highest BCUT2D eigenvalue weighted by Gasteiger charge is 2.13. The van der Waals surface area contributed by atoms with E-state index in [1.165, 1.54) is 5.39 Å². The van der Waals surface area contributed by atoms with Gasteiger partial charge in [-0.3, -0.25) is 4.79 Å². The third-order valence-corrected chi connectivity index (χ3v) is 5.68. The second kappa shape index (κ2) is 7.36. The first-order valence-corrected chi connectivity index (χ1v) is 10.4. The van der Waals surface area contributed by atoms with Crippen molar-refractivity contribution in [3.05, 3.63) is 109 Å². The van der Waals surface area contributed by atoms with E-state index >= 15 is 0 Å². The van der Waals surface area contributed by atoms with E-state index in [-0.39, 0.29) is 5.91 Å². The van der Waals surface area contributed by atoms with Crippen LogP contribution in [0.4, 0.5) is 5.69 Å². The zero-order valence-corrected chi connectivity index (χ0v) is 17.1. The van der Waals surface area contributed by atoms with E-state index in [4.69, 9.17) is 4.42 Å². The van der Waals surface area contributed by atoms with Gasteiger partial charge in [0.15, 0.2) is 5.58 Å². The van der Waals surface area contributed by atoms with Crippen molar-refractivity contribution in [3.8, 4) is 11.5 Å². The topological polar surface area (TPSA) is 55.1 Å². The lowest BCUT2D eigenvalue weighted by molar-refractivity contribution is 0.102. The fraction of sp³-hybridized carbons (Fsp3) is 0. The maximum atomic E-state index is 13.0. The fourth-order valence-electron chi connectivity index (χ4n) is 4.07. The molecule has 6 rings (SSSR count). The quantitative estimate of drug-likeness (QED) is 0.337. The number of nitrogens with zero attached hydrogens (tertiary/aromatic N) is 1. The van der Waals surface area contributed by atoms with Crippen molar-refractivity contribution < 1.29 is 9.21 Å². The number of oxazole rings is 1. The first kappa shape index (κ1) is 18.3. The van der Waals surface area contributed by atoms with Gasteiger partial charge in [0.1, 0.15) is 5.52 Å². The molecule has 0 saturated carbocycles. The molecule has 5 aromatic carbocycles. The van der Waals surface area contributed by atoms with Gasteiger partial charge in [-0.1, -0.05) is 66.7 Å². The molecule has 0 radical (unpaired) electrons. The smallest absolute Gasteiger partial charge is 0.256 e. The Labute approximate surface area is 184 Å². The molecule has 0 spiro atoms. The molecule has 32 heavy (non-hydrogen) atoms. The predicted octanol–water partition coefficient (Wildman–Crippen LogP) is 7.05. The van der Waals surface area contributed by atoms with E-state index < -0.39 is 0 Å². The molecule has 0 atom stereocenters. The Morgan fingerprint density at radius 2 is 1.50 bits per heavy atom. The summed E-state index contributed by atoms with van der Waals surface area (Å²) in [5, 5.41) is 7.26. The summed E-state index contributed by atoms with van der Waals surface area (Å²) in [5.74, 6) is 0.405. The summed E-state index contributed by atoms with van der Waals surface area (Å²) in [6.45, 7) is 0. The monoisotopic (exact) mass is 414 g/mol. The van der Waals surface area contributed by atoms with Crippen molar-refractivity contribution in [3.63, 3.8) is 0 Å². The third-order valence-electron chi connectivity index (χ3n) is 5.68. The molecule has 0 saturated heterocycles. The number of carbonyl (C=O) groups excluding carboxylic acids is 1. The number of benzene rings is 5. The molecule has 0 bridgehead atoms. The van der Waals surface area contributed by atoms with Crippen molar-refractivity contribution >= 4 is 44.2 Å². The van der Waals surface area contributed by atoms with Crippen LogP contribution in [0.2, 0.25) is 0 Å². The number of anilines is 1. The number of rotatable bonds is 3. The van der Waals surface area contributed by atoms with Gasteiger partial charge in [0, 0.05) is 16.8 Å². The molecule has 0 aliphatic rings. The van der Waals surface area contributed by atoms with Crippen LogP contribution in [0.1, 0.15) is 10.4 Å². The summed E-state index contributed by atoms with van der Waals surface area (Å²) in [4.78, 5) is 17.6. The number of fused-ring (bicyclic) bond motifs is 3. The van der Waals surface area contributed by atoms with Gasteiger partial charge in [0.25, 0.3) is 5.91 Å². The van der Waals surface area contributed by atoms with E-state index in [1.54, 1.807) is 0 Å². The molecule has 4 heteroatoms. The van der Waals surface area contributed by atoms with E-state index in [0.29, 0.717) is 28.2 Å². The van der Waals surface area contributed by atoms with Crippen molar-refractivity contribution in [2.24, 2.45) is 0 Å². The molecule has 1 N–H and O–H groups in total. The van der Waals surface area contributed by atoms with Crippen molar-refractivity contribution in [2.45, 2.75) is 0 Å². The minimum absolute atomic E-state index is 0.153. The number of nitrogens with one attached hydrogen (secondary N) is 1. The Bertz CT molecular complexity index is 1630. The van der Waals surface area contributed by atoms with E-state index in [0.717, 1.165) is 21.7 Å². The van der Waals surface area contributed by atoms with Crippen LogP contribution in [0.25, 0.3) is 44.1 Å². The molecule has 1 heterocycles. The molecular weight excluding hydrogens is 396 g/mol.